The molecule has 0 aliphatic heterocycles. The van der Waals surface area contributed by atoms with Crippen molar-refractivity contribution in [2.24, 2.45) is 0 Å². The molecule has 1 aromatic carbocycles. The molecule has 3 aromatic rings. The van der Waals surface area contributed by atoms with Gasteiger partial charge in [-0.2, -0.15) is 18.3 Å². The fourth-order valence-corrected chi connectivity index (χ4v) is 3.13. The van der Waals surface area contributed by atoms with Crippen LogP contribution in [0.25, 0.3) is 5.69 Å². The molecule has 28 heavy (non-hydrogen) atoms. The zero-order valence-electron chi connectivity index (χ0n) is 15.9. The first-order chi connectivity index (χ1) is 13.1. The fraction of sp³-hybridized carbons (Fsp3) is 0.300. The zero-order valence-corrected chi connectivity index (χ0v) is 15.9. The number of halogens is 3. The van der Waals surface area contributed by atoms with Crippen molar-refractivity contribution in [1.82, 2.24) is 15.1 Å². The van der Waals surface area contributed by atoms with Crippen molar-refractivity contribution >= 4 is 5.91 Å². The van der Waals surface area contributed by atoms with Gasteiger partial charge in [0.25, 0.3) is 5.91 Å². The predicted molar refractivity (Wildman–Crippen MR) is 97.4 cm³/mol. The summed E-state index contributed by atoms with van der Waals surface area (Å²) in [6.07, 6.45) is -2.88. The molecular formula is C20H20F3N3O2. The Kier molecular flexibility index (Phi) is 5.06. The molecule has 0 radical (unpaired) electrons. The third-order valence-electron chi connectivity index (χ3n) is 4.57. The first-order valence-electron chi connectivity index (χ1n) is 8.68. The second-order valence-corrected chi connectivity index (χ2v) is 6.67. The first kappa shape index (κ1) is 19.7. The Bertz CT molecular complexity index is 1020. The molecule has 5 nitrogen and oxygen atoms in total. The van der Waals surface area contributed by atoms with Crippen molar-refractivity contribution in [1.29, 1.82) is 0 Å². The van der Waals surface area contributed by atoms with Crippen molar-refractivity contribution in [3.05, 3.63) is 70.4 Å². The molecule has 0 fully saturated rings. The van der Waals surface area contributed by atoms with E-state index in [1.165, 1.54) is 10.7 Å². The molecule has 1 amide bonds. The summed E-state index contributed by atoms with van der Waals surface area (Å²) in [7, 11) is 0. The highest BCUT2D eigenvalue weighted by Gasteiger charge is 2.30. The van der Waals surface area contributed by atoms with Crippen LogP contribution in [0.2, 0.25) is 0 Å². The van der Waals surface area contributed by atoms with Crippen LogP contribution in [0, 0.1) is 20.8 Å². The van der Waals surface area contributed by atoms with Crippen molar-refractivity contribution in [3.63, 3.8) is 0 Å². The lowest BCUT2D eigenvalue weighted by Gasteiger charge is -2.14. The summed E-state index contributed by atoms with van der Waals surface area (Å²) in [4.78, 5) is 12.5. The lowest BCUT2D eigenvalue weighted by Crippen LogP contribution is -2.27. The van der Waals surface area contributed by atoms with Gasteiger partial charge in [0, 0.05) is 11.3 Å². The van der Waals surface area contributed by atoms with Crippen LogP contribution in [0.4, 0.5) is 13.2 Å². The van der Waals surface area contributed by atoms with E-state index in [0.717, 1.165) is 12.1 Å². The Morgan fingerprint density at radius 2 is 1.93 bits per heavy atom. The van der Waals surface area contributed by atoms with E-state index in [1.807, 2.05) is 0 Å². The van der Waals surface area contributed by atoms with Gasteiger partial charge in [-0.25, -0.2) is 4.68 Å². The molecule has 3 rings (SSSR count). The van der Waals surface area contributed by atoms with E-state index in [0.29, 0.717) is 34.0 Å². The number of alkyl halides is 3. The lowest BCUT2D eigenvalue weighted by molar-refractivity contribution is -0.137. The normalized spacial score (nSPS) is 12.8. The Morgan fingerprint density at radius 3 is 2.54 bits per heavy atom. The minimum Gasteiger partial charge on any atom is -0.466 e. The van der Waals surface area contributed by atoms with Crippen LogP contribution < -0.4 is 5.32 Å². The number of furan rings is 1. The number of nitrogens with zero attached hydrogens (tertiary/aromatic N) is 2. The summed E-state index contributed by atoms with van der Waals surface area (Å²) in [5.41, 5.74) is 1.37. The minimum atomic E-state index is -4.43. The quantitative estimate of drug-likeness (QED) is 0.688. The highest BCUT2D eigenvalue weighted by atomic mass is 19.4. The molecule has 2 aromatic heterocycles. The van der Waals surface area contributed by atoms with Gasteiger partial charge in [-0.05, 0) is 52.0 Å². The smallest absolute Gasteiger partial charge is 0.416 e. The molecule has 8 heteroatoms. The lowest BCUT2D eigenvalue weighted by atomic mass is 10.1. The van der Waals surface area contributed by atoms with Crippen molar-refractivity contribution in [2.75, 3.05) is 0 Å². The molecule has 0 aliphatic rings. The van der Waals surface area contributed by atoms with Crippen LogP contribution in [0.1, 0.15) is 51.7 Å². The molecule has 0 saturated carbocycles. The third kappa shape index (κ3) is 3.81. The molecule has 1 N–H and O–H groups in total. The summed E-state index contributed by atoms with van der Waals surface area (Å²) < 4.78 is 45.7. The van der Waals surface area contributed by atoms with Crippen LogP contribution in [0.5, 0.6) is 0 Å². The van der Waals surface area contributed by atoms with Gasteiger partial charge in [0.05, 0.1) is 29.1 Å². The number of carbonyl (C=O) groups excluding carboxylic acids is 1. The average Bonchev–Trinajstić information content (AvgIpc) is 3.16. The summed E-state index contributed by atoms with van der Waals surface area (Å²) in [6.45, 7) is 7.01. The van der Waals surface area contributed by atoms with Crippen LogP contribution in [0.15, 0.2) is 40.9 Å². The Balaban J connectivity index is 1.85. The molecular weight excluding hydrogens is 371 g/mol. The van der Waals surface area contributed by atoms with Crippen LogP contribution >= 0.6 is 0 Å². The maximum Gasteiger partial charge on any atom is 0.416 e. The highest BCUT2D eigenvalue weighted by molar-refractivity contribution is 5.95. The van der Waals surface area contributed by atoms with E-state index in [4.69, 9.17) is 4.42 Å². The number of rotatable bonds is 4. The van der Waals surface area contributed by atoms with Gasteiger partial charge in [-0.1, -0.05) is 6.07 Å². The van der Waals surface area contributed by atoms with Crippen molar-refractivity contribution in [3.8, 4) is 5.69 Å². The number of aryl methyl sites for hydroxylation is 2. The maximum absolute atomic E-state index is 13.0. The Hall–Kier alpha value is -3.03. The summed E-state index contributed by atoms with van der Waals surface area (Å²) in [6, 6.07) is 6.23. The number of hydrogen-bond acceptors (Lipinski definition) is 3. The topological polar surface area (TPSA) is 60.1 Å². The standard InChI is InChI=1S/C20H20F3N3O2/c1-11-8-17(14(4)28-11)19(27)25-12(2)18-10-24-26(13(18)3)16-7-5-6-15(9-16)20(21,22)23/h5-10,12H,1-4H3,(H,25,27)/t12-/m1/s1. The van der Waals surface area contributed by atoms with Gasteiger partial charge in [-0.3, -0.25) is 4.79 Å². The van der Waals surface area contributed by atoms with E-state index >= 15 is 0 Å². The number of benzene rings is 1. The molecule has 1 atom stereocenters. The van der Waals surface area contributed by atoms with Gasteiger partial charge in [0.15, 0.2) is 0 Å². The number of nitrogens with one attached hydrogen (secondary N) is 1. The number of amides is 1. The molecule has 0 bridgehead atoms. The van der Waals surface area contributed by atoms with Crippen LogP contribution in [-0.2, 0) is 6.18 Å². The zero-order chi connectivity index (χ0) is 20.6. The molecule has 0 spiro atoms. The molecule has 2 heterocycles. The number of carbonyl (C=O) groups is 1. The van der Waals surface area contributed by atoms with E-state index in [2.05, 4.69) is 10.4 Å². The fourth-order valence-electron chi connectivity index (χ4n) is 3.13. The van der Waals surface area contributed by atoms with Crippen LogP contribution in [0.3, 0.4) is 0 Å². The van der Waals surface area contributed by atoms with Gasteiger partial charge in [0.2, 0.25) is 0 Å². The first-order valence-corrected chi connectivity index (χ1v) is 8.68. The second-order valence-electron chi connectivity index (χ2n) is 6.67. The van der Waals surface area contributed by atoms with E-state index in [-0.39, 0.29) is 11.9 Å². The van der Waals surface area contributed by atoms with Crippen molar-refractivity contribution < 1.29 is 22.4 Å². The molecule has 0 saturated heterocycles. The average molecular weight is 391 g/mol. The van der Waals surface area contributed by atoms with E-state index in [1.54, 1.807) is 46.0 Å². The predicted octanol–water partition coefficient (Wildman–Crippen LogP) is 4.90. The summed E-state index contributed by atoms with van der Waals surface area (Å²) in [5, 5.41) is 7.09. The molecule has 148 valence electrons. The van der Waals surface area contributed by atoms with Gasteiger partial charge in [0.1, 0.15) is 11.5 Å². The Morgan fingerprint density at radius 1 is 1.21 bits per heavy atom. The van der Waals surface area contributed by atoms with Gasteiger partial charge in [-0.15, -0.1) is 0 Å². The van der Waals surface area contributed by atoms with Crippen LogP contribution in [-0.4, -0.2) is 15.7 Å². The largest absolute Gasteiger partial charge is 0.466 e. The molecule has 0 aliphatic carbocycles. The summed E-state index contributed by atoms with van der Waals surface area (Å²) in [5.74, 6) is 0.885. The number of aromatic nitrogens is 2. The van der Waals surface area contributed by atoms with E-state index in [9.17, 15) is 18.0 Å². The Labute approximate surface area is 160 Å². The minimum absolute atomic E-state index is 0.284. The van der Waals surface area contributed by atoms with Gasteiger partial charge < -0.3 is 9.73 Å². The molecule has 0 unspecified atom stereocenters. The SMILES string of the molecule is Cc1cc(C(=O)N[C@H](C)c2cnn(-c3cccc(C(F)(F)F)c3)c2C)c(C)o1. The highest BCUT2D eigenvalue weighted by Crippen LogP contribution is 2.31. The monoisotopic (exact) mass is 391 g/mol. The summed E-state index contributed by atoms with van der Waals surface area (Å²) >= 11 is 0. The third-order valence-corrected chi connectivity index (χ3v) is 4.57. The number of hydrogen-bond donors (Lipinski definition) is 1. The second kappa shape index (κ2) is 7.18. The van der Waals surface area contributed by atoms with E-state index < -0.39 is 11.7 Å². The maximum atomic E-state index is 13.0. The van der Waals surface area contributed by atoms with Crippen molar-refractivity contribution in [2.45, 2.75) is 39.9 Å². The van der Waals surface area contributed by atoms with Gasteiger partial charge >= 0.3 is 6.18 Å².